The fourth-order valence-electron chi connectivity index (χ4n) is 1.99. The number of amides is 2. The van der Waals surface area contributed by atoms with E-state index < -0.39 is 0 Å². The van der Waals surface area contributed by atoms with Crippen molar-refractivity contribution in [2.24, 2.45) is 11.7 Å². The van der Waals surface area contributed by atoms with Crippen LogP contribution in [0.2, 0.25) is 5.15 Å². The van der Waals surface area contributed by atoms with Crippen molar-refractivity contribution in [3.63, 3.8) is 0 Å². The van der Waals surface area contributed by atoms with Crippen molar-refractivity contribution in [2.45, 2.75) is 12.8 Å². The standard InChI is InChI=1S/C11H13ClN4O2/c12-9-4-3-8(14-15-9)11(18)16-5-1-2-7(6-16)10(13)17/h3-4,7H,1-2,5-6H2,(H2,13,17). The van der Waals surface area contributed by atoms with Crippen molar-refractivity contribution in [1.29, 1.82) is 0 Å². The quantitative estimate of drug-likeness (QED) is 0.844. The molecule has 2 N–H and O–H groups in total. The summed E-state index contributed by atoms with van der Waals surface area (Å²) < 4.78 is 0. The second-order valence-corrected chi connectivity index (χ2v) is 4.62. The van der Waals surface area contributed by atoms with Gasteiger partial charge in [0.2, 0.25) is 5.91 Å². The van der Waals surface area contributed by atoms with E-state index in [-0.39, 0.29) is 28.6 Å². The van der Waals surface area contributed by atoms with Gasteiger partial charge in [-0.1, -0.05) is 11.6 Å². The third-order valence-electron chi connectivity index (χ3n) is 2.96. The van der Waals surface area contributed by atoms with Gasteiger partial charge in [0.05, 0.1) is 5.92 Å². The number of hydrogen-bond acceptors (Lipinski definition) is 4. The van der Waals surface area contributed by atoms with Gasteiger partial charge in [0.25, 0.3) is 5.91 Å². The number of piperidine rings is 1. The van der Waals surface area contributed by atoms with E-state index in [0.717, 1.165) is 12.8 Å². The fraction of sp³-hybridized carbons (Fsp3) is 0.455. The first-order chi connectivity index (χ1) is 8.58. The Kier molecular flexibility index (Phi) is 3.76. The van der Waals surface area contributed by atoms with Gasteiger partial charge in [-0.3, -0.25) is 9.59 Å². The lowest BCUT2D eigenvalue weighted by atomic mass is 9.97. The predicted molar refractivity (Wildman–Crippen MR) is 64.9 cm³/mol. The number of aromatic nitrogens is 2. The molecule has 0 bridgehead atoms. The molecule has 1 unspecified atom stereocenters. The molecule has 2 amide bonds. The summed E-state index contributed by atoms with van der Waals surface area (Å²) in [5.41, 5.74) is 5.49. The van der Waals surface area contributed by atoms with Crippen LogP contribution < -0.4 is 5.73 Å². The zero-order valence-corrected chi connectivity index (χ0v) is 10.4. The first-order valence-electron chi connectivity index (χ1n) is 5.66. The fourth-order valence-corrected chi connectivity index (χ4v) is 2.09. The van der Waals surface area contributed by atoms with Crippen LogP contribution in [0.3, 0.4) is 0 Å². The number of carbonyl (C=O) groups is 2. The van der Waals surface area contributed by atoms with E-state index in [2.05, 4.69) is 10.2 Å². The molecule has 7 heteroatoms. The summed E-state index contributed by atoms with van der Waals surface area (Å²) in [6.07, 6.45) is 1.49. The molecule has 2 rings (SSSR count). The van der Waals surface area contributed by atoms with Gasteiger partial charge in [-0.2, -0.15) is 0 Å². The van der Waals surface area contributed by atoms with Gasteiger partial charge < -0.3 is 10.6 Å². The smallest absolute Gasteiger partial charge is 0.274 e. The van der Waals surface area contributed by atoms with Crippen LogP contribution in [0.1, 0.15) is 23.3 Å². The van der Waals surface area contributed by atoms with Gasteiger partial charge >= 0.3 is 0 Å². The van der Waals surface area contributed by atoms with E-state index in [0.29, 0.717) is 13.1 Å². The Balaban J connectivity index is 2.09. The highest BCUT2D eigenvalue weighted by Gasteiger charge is 2.28. The molecule has 1 aromatic heterocycles. The van der Waals surface area contributed by atoms with E-state index in [9.17, 15) is 9.59 Å². The van der Waals surface area contributed by atoms with Crippen LogP contribution in [0.5, 0.6) is 0 Å². The minimum absolute atomic E-state index is 0.226. The molecule has 1 saturated heterocycles. The number of nitrogens with two attached hydrogens (primary N) is 1. The highest BCUT2D eigenvalue weighted by atomic mass is 35.5. The summed E-state index contributed by atoms with van der Waals surface area (Å²) in [7, 11) is 0. The average Bonchev–Trinajstić information content (AvgIpc) is 2.39. The van der Waals surface area contributed by atoms with Crippen LogP contribution in [0.4, 0.5) is 0 Å². The van der Waals surface area contributed by atoms with Gasteiger partial charge in [-0.05, 0) is 25.0 Å². The molecule has 0 spiro atoms. The van der Waals surface area contributed by atoms with Gasteiger partial charge in [-0.25, -0.2) is 0 Å². The van der Waals surface area contributed by atoms with E-state index in [1.54, 1.807) is 4.90 Å². The lowest BCUT2D eigenvalue weighted by Gasteiger charge is -2.30. The number of rotatable bonds is 2. The average molecular weight is 269 g/mol. The molecule has 0 radical (unpaired) electrons. The monoisotopic (exact) mass is 268 g/mol. The van der Waals surface area contributed by atoms with Crippen LogP contribution in [-0.4, -0.2) is 40.0 Å². The molecule has 1 aliphatic heterocycles. The van der Waals surface area contributed by atoms with Crippen molar-refractivity contribution in [3.05, 3.63) is 23.0 Å². The predicted octanol–water partition coefficient (Wildman–Crippen LogP) is 0.467. The maximum absolute atomic E-state index is 12.1. The molecule has 1 aliphatic rings. The summed E-state index contributed by atoms with van der Waals surface area (Å²) >= 11 is 5.61. The Bertz CT molecular complexity index is 463. The normalized spacial score (nSPS) is 19.6. The number of halogens is 1. The highest BCUT2D eigenvalue weighted by molar-refractivity contribution is 6.29. The van der Waals surface area contributed by atoms with Crippen LogP contribution in [0.15, 0.2) is 12.1 Å². The van der Waals surface area contributed by atoms with Crippen molar-refractivity contribution in [3.8, 4) is 0 Å². The first-order valence-corrected chi connectivity index (χ1v) is 6.03. The Morgan fingerprint density at radius 2 is 2.17 bits per heavy atom. The molecule has 1 aromatic rings. The Labute approximate surface area is 109 Å². The lowest BCUT2D eigenvalue weighted by molar-refractivity contribution is -0.123. The number of nitrogens with zero attached hydrogens (tertiary/aromatic N) is 3. The van der Waals surface area contributed by atoms with Crippen LogP contribution in [0.25, 0.3) is 0 Å². The number of carbonyl (C=O) groups excluding carboxylic acids is 2. The molecule has 18 heavy (non-hydrogen) atoms. The van der Waals surface area contributed by atoms with E-state index >= 15 is 0 Å². The minimum Gasteiger partial charge on any atom is -0.369 e. The highest BCUT2D eigenvalue weighted by Crippen LogP contribution is 2.17. The Morgan fingerprint density at radius 1 is 1.39 bits per heavy atom. The number of likely N-dealkylation sites (tertiary alicyclic amines) is 1. The van der Waals surface area contributed by atoms with E-state index in [4.69, 9.17) is 17.3 Å². The zero-order chi connectivity index (χ0) is 13.1. The first kappa shape index (κ1) is 12.8. The maximum atomic E-state index is 12.1. The van der Waals surface area contributed by atoms with Crippen molar-refractivity contribution < 1.29 is 9.59 Å². The lowest BCUT2D eigenvalue weighted by Crippen LogP contribution is -2.44. The molecular weight excluding hydrogens is 256 g/mol. The third kappa shape index (κ3) is 2.76. The van der Waals surface area contributed by atoms with Gasteiger partial charge in [-0.15, -0.1) is 10.2 Å². The number of primary amides is 1. The summed E-state index contributed by atoms with van der Waals surface area (Å²) in [6.45, 7) is 0.950. The second kappa shape index (κ2) is 5.30. The third-order valence-corrected chi connectivity index (χ3v) is 3.16. The Morgan fingerprint density at radius 3 is 2.78 bits per heavy atom. The summed E-state index contributed by atoms with van der Waals surface area (Å²) in [6, 6.07) is 3.03. The van der Waals surface area contributed by atoms with Crippen LogP contribution in [0, 0.1) is 5.92 Å². The molecule has 1 atom stereocenters. The van der Waals surface area contributed by atoms with Gasteiger partial charge in [0.1, 0.15) is 0 Å². The maximum Gasteiger partial charge on any atom is 0.274 e. The largest absolute Gasteiger partial charge is 0.369 e. The molecule has 0 saturated carbocycles. The molecule has 1 fully saturated rings. The number of hydrogen-bond donors (Lipinski definition) is 1. The summed E-state index contributed by atoms with van der Waals surface area (Å²) in [4.78, 5) is 24.8. The molecular formula is C11H13ClN4O2. The van der Waals surface area contributed by atoms with Crippen molar-refractivity contribution >= 4 is 23.4 Å². The van der Waals surface area contributed by atoms with Gasteiger partial charge in [0.15, 0.2) is 10.8 Å². The molecule has 96 valence electrons. The topological polar surface area (TPSA) is 89.2 Å². The Hall–Kier alpha value is -1.69. The molecule has 0 aromatic carbocycles. The summed E-state index contributed by atoms with van der Waals surface area (Å²) in [5.74, 6) is -0.886. The molecule has 2 heterocycles. The van der Waals surface area contributed by atoms with Crippen LogP contribution in [-0.2, 0) is 4.79 Å². The zero-order valence-electron chi connectivity index (χ0n) is 9.67. The van der Waals surface area contributed by atoms with E-state index in [1.807, 2.05) is 0 Å². The van der Waals surface area contributed by atoms with Crippen molar-refractivity contribution in [1.82, 2.24) is 15.1 Å². The van der Waals surface area contributed by atoms with E-state index in [1.165, 1.54) is 12.1 Å². The SMILES string of the molecule is NC(=O)C1CCCN(C(=O)c2ccc(Cl)nn2)C1. The van der Waals surface area contributed by atoms with Crippen LogP contribution >= 0.6 is 11.6 Å². The second-order valence-electron chi connectivity index (χ2n) is 4.23. The summed E-state index contributed by atoms with van der Waals surface area (Å²) in [5, 5.41) is 7.60. The van der Waals surface area contributed by atoms with Gasteiger partial charge in [0, 0.05) is 13.1 Å². The van der Waals surface area contributed by atoms with Crippen molar-refractivity contribution in [2.75, 3.05) is 13.1 Å². The molecule has 0 aliphatic carbocycles. The minimum atomic E-state index is -0.366. The molecule has 6 nitrogen and oxygen atoms in total.